The van der Waals surface area contributed by atoms with Crippen molar-refractivity contribution in [1.29, 1.82) is 0 Å². The Morgan fingerprint density at radius 3 is 2.69 bits per heavy atom. The SMILES string of the molecule is CC[C@@H]1C2=C(C[C@H]3[C@@H](O)C[C@H](C)C(=O)N3CCCC2)[C@@H]2[C@H]1OC(=O)[C@H]2C. The van der Waals surface area contributed by atoms with Crippen molar-refractivity contribution >= 4 is 11.9 Å². The monoisotopic (exact) mass is 361 g/mol. The maximum Gasteiger partial charge on any atom is 0.309 e. The number of hydrogen-bond donors (Lipinski definition) is 1. The van der Waals surface area contributed by atoms with E-state index in [0.29, 0.717) is 18.8 Å². The van der Waals surface area contributed by atoms with Crippen LogP contribution in [0.5, 0.6) is 0 Å². The summed E-state index contributed by atoms with van der Waals surface area (Å²) in [6, 6.07) is -0.152. The van der Waals surface area contributed by atoms with Gasteiger partial charge in [-0.25, -0.2) is 0 Å². The topological polar surface area (TPSA) is 66.8 Å². The number of aliphatic hydroxyl groups is 1. The van der Waals surface area contributed by atoms with Gasteiger partial charge in [0.2, 0.25) is 5.91 Å². The van der Waals surface area contributed by atoms with Gasteiger partial charge in [0, 0.05) is 24.3 Å². The lowest BCUT2D eigenvalue weighted by molar-refractivity contribution is -0.148. The fourth-order valence-electron chi connectivity index (χ4n) is 5.94. The van der Waals surface area contributed by atoms with Crippen LogP contribution in [0.25, 0.3) is 0 Å². The second kappa shape index (κ2) is 6.66. The predicted octanol–water partition coefficient (Wildman–Crippen LogP) is 2.67. The summed E-state index contributed by atoms with van der Waals surface area (Å²) in [5.74, 6) is 0.305. The minimum atomic E-state index is -0.484. The number of fused-ring (bicyclic) bond motifs is 3. The van der Waals surface area contributed by atoms with Crippen molar-refractivity contribution in [1.82, 2.24) is 4.90 Å². The first-order valence-electron chi connectivity index (χ1n) is 10.3. The molecule has 0 spiro atoms. The zero-order valence-corrected chi connectivity index (χ0v) is 16.1. The molecule has 0 aromatic carbocycles. The van der Waals surface area contributed by atoms with Crippen molar-refractivity contribution < 1.29 is 19.4 Å². The first kappa shape index (κ1) is 18.0. The number of piperidine rings is 1. The lowest BCUT2D eigenvalue weighted by Gasteiger charge is -2.42. The quantitative estimate of drug-likeness (QED) is 0.576. The third kappa shape index (κ3) is 2.62. The van der Waals surface area contributed by atoms with Gasteiger partial charge in [0.05, 0.1) is 18.1 Å². The van der Waals surface area contributed by atoms with Crippen LogP contribution in [0.15, 0.2) is 11.1 Å². The highest BCUT2D eigenvalue weighted by atomic mass is 16.6. The van der Waals surface area contributed by atoms with Crippen LogP contribution in [0.3, 0.4) is 0 Å². The van der Waals surface area contributed by atoms with E-state index in [-0.39, 0.29) is 41.8 Å². The van der Waals surface area contributed by atoms with Gasteiger partial charge in [0.25, 0.3) is 0 Å². The van der Waals surface area contributed by atoms with Gasteiger partial charge < -0.3 is 14.7 Å². The van der Waals surface area contributed by atoms with Crippen molar-refractivity contribution in [2.75, 3.05) is 6.54 Å². The average molecular weight is 361 g/mol. The third-order valence-electron chi connectivity index (χ3n) is 7.28. The summed E-state index contributed by atoms with van der Waals surface area (Å²) < 4.78 is 5.78. The Labute approximate surface area is 155 Å². The van der Waals surface area contributed by atoms with Gasteiger partial charge in [-0.15, -0.1) is 0 Å². The molecule has 1 aliphatic carbocycles. The molecule has 3 aliphatic heterocycles. The van der Waals surface area contributed by atoms with E-state index in [1.165, 1.54) is 11.1 Å². The zero-order chi connectivity index (χ0) is 18.6. The summed E-state index contributed by atoms with van der Waals surface area (Å²) in [4.78, 5) is 26.9. The van der Waals surface area contributed by atoms with Crippen LogP contribution in [0.4, 0.5) is 0 Å². The average Bonchev–Trinajstić information content (AvgIpc) is 3.07. The smallest absolute Gasteiger partial charge is 0.309 e. The molecule has 0 unspecified atom stereocenters. The van der Waals surface area contributed by atoms with Gasteiger partial charge >= 0.3 is 5.97 Å². The van der Waals surface area contributed by atoms with E-state index in [9.17, 15) is 14.7 Å². The molecule has 0 saturated carbocycles. The molecule has 1 amide bonds. The fourth-order valence-corrected chi connectivity index (χ4v) is 5.94. The van der Waals surface area contributed by atoms with E-state index in [1.807, 2.05) is 18.7 Å². The molecule has 5 heteroatoms. The summed E-state index contributed by atoms with van der Waals surface area (Å²) >= 11 is 0. The van der Waals surface area contributed by atoms with Crippen LogP contribution in [0.2, 0.25) is 0 Å². The minimum Gasteiger partial charge on any atom is -0.461 e. The van der Waals surface area contributed by atoms with Crippen LogP contribution < -0.4 is 0 Å². The number of carbonyl (C=O) groups is 2. The molecule has 144 valence electrons. The fraction of sp³-hybridized carbons (Fsp3) is 0.810. The van der Waals surface area contributed by atoms with E-state index in [2.05, 4.69) is 6.92 Å². The molecule has 4 rings (SSSR count). The molecule has 5 nitrogen and oxygen atoms in total. The molecule has 0 radical (unpaired) electrons. The molecule has 3 heterocycles. The highest BCUT2D eigenvalue weighted by molar-refractivity contribution is 5.80. The van der Waals surface area contributed by atoms with Gasteiger partial charge in [0.15, 0.2) is 0 Å². The second-order valence-electron chi connectivity index (χ2n) is 8.75. The predicted molar refractivity (Wildman–Crippen MR) is 97.1 cm³/mol. The van der Waals surface area contributed by atoms with Gasteiger partial charge in [0.1, 0.15) is 6.10 Å². The van der Waals surface area contributed by atoms with E-state index in [0.717, 1.165) is 32.2 Å². The van der Waals surface area contributed by atoms with E-state index in [4.69, 9.17) is 4.74 Å². The number of nitrogens with zero attached hydrogens (tertiary/aromatic N) is 1. The Kier molecular flexibility index (Phi) is 4.62. The van der Waals surface area contributed by atoms with E-state index >= 15 is 0 Å². The number of carbonyl (C=O) groups excluding carboxylic acids is 2. The minimum absolute atomic E-state index is 0.0317. The van der Waals surface area contributed by atoms with Gasteiger partial charge in [-0.3, -0.25) is 9.59 Å². The van der Waals surface area contributed by atoms with Crippen LogP contribution in [-0.2, 0) is 14.3 Å². The van der Waals surface area contributed by atoms with E-state index in [1.54, 1.807) is 0 Å². The van der Waals surface area contributed by atoms with Crippen molar-refractivity contribution in [2.24, 2.45) is 23.7 Å². The summed E-state index contributed by atoms with van der Waals surface area (Å²) in [5, 5.41) is 10.8. The van der Waals surface area contributed by atoms with Crippen molar-refractivity contribution in [3.63, 3.8) is 0 Å². The highest BCUT2D eigenvalue weighted by Crippen LogP contribution is 2.52. The molecule has 0 bridgehead atoms. The first-order valence-corrected chi connectivity index (χ1v) is 10.3. The largest absolute Gasteiger partial charge is 0.461 e. The lowest BCUT2D eigenvalue weighted by Crippen LogP contribution is -2.54. The van der Waals surface area contributed by atoms with E-state index < -0.39 is 6.10 Å². The molecule has 4 aliphatic rings. The normalized spacial score (nSPS) is 43.2. The highest BCUT2D eigenvalue weighted by Gasteiger charge is 2.54. The van der Waals surface area contributed by atoms with Crippen LogP contribution in [-0.4, -0.2) is 46.7 Å². The van der Waals surface area contributed by atoms with Crippen molar-refractivity contribution in [2.45, 2.75) is 77.5 Å². The third-order valence-corrected chi connectivity index (χ3v) is 7.28. The summed E-state index contributed by atoms with van der Waals surface area (Å²) in [5.41, 5.74) is 2.78. The molecule has 1 N–H and O–H groups in total. The number of rotatable bonds is 1. The van der Waals surface area contributed by atoms with Gasteiger partial charge in [-0.2, -0.15) is 0 Å². The molecular formula is C21H31NO4. The number of esters is 1. The molecular weight excluding hydrogens is 330 g/mol. The molecule has 26 heavy (non-hydrogen) atoms. The Bertz CT molecular complexity index is 642. The van der Waals surface area contributed by atoms with Gasteiger partial charge in [-0.1, -0.05) is 31.9 Å². The number of hydrogen-bond acceptors (Lipinski definition) is 4. The maximum atomic E-state index is 12.8. The summed E-state index contributed by atoms with van der Waals surface area (Å²) in [6.07, 6.45) is 4.76. The Morgan fingerprint density at radius 2 is 1.96 bits per heavy atom. The standard InChI is InChI=1S/C21H31NO4/c1-4-13-14-7-5-6-8-22-16(17(23)9-11(2)20(22)24)10-15(14)18-12(3)21(25)26-19(13)18/h11-13,16-19,23H,4-10H2,1-3H3/t11-,12-,13+,16-,17-,18+,19-/m0/s1. The number of amides is 1. The van der Waals surface area contributed by atoms with Crippen LogP contribution in [0, 0.1) is 23.7 Å². The number of aliphatic hydroxyl groups excluding tert-OH is 1. The Morgan fingerprint density at radius 1 is 1.19 bits per heavy atom. The Balaban J connectivity index is 1.72. The Hall–Kier alpha value is -1.36. The molecule has 7 atom stereocenters. The summed E-state index contributed by atoms with van der Waals surface area (Å²) in [6.45, 7) is 6.81. The zero-order valence-electron chi connectivity index (χ0n) is 16.1. The van der Waals surface area contributed by atoms with Crippen molar-refractivity contribution in [3.05, 3.63) is 11.1 Å². The molecule has 0 aromatic heterocycles. The lowest BCUT2D eigenvalue weighted by atomic mass is 9.81. The second-order valence-corrected chi connectivity index (χ2v) is 8.75. The molecule has 2 saturated heterocycles. The van der Waals surface area contributed by atoms with Crippen LogP contribution >= 0.6 is 0 Å². The van der Waals surface area contributed by atoms with Gasteiger partial charge in [-0.05, 0) is 38.5 Å². The maximum absolute atomic E-state index is 12.8. The number of ether oxygens (including phenoxy) is 1. The van der Waals surface area contributed by atoms with Crippen LogP contribution in [0.1, 0.15) is 59.3 Å². The molecule has 0 aromatic rings. The molecule has 2 fully saturated rings. The summed E-state index contributed by atoms with van der Waals surface area (Å²) in [7, 11) is 0. The van der Waals surface area contributed by atoms with Crippen molar-refractivity contribution in [3.8, 4) is 0 Å². The first-order chi connectivity index (χ1) is 12.4.